The molecule has 0 bridgehead atoms. The molecule has 2 rings (SSSR count). The van der Waals surface area contributed by atoms with Gasteiger partial charge >= 0.3 is 12.0 Å². The summed E-state index contributed by atoms with van der Waals surface area (Å²) < 4.78 is 6.54. The Balaban J connectivity index is 2.20. The first kappa shape index (κ1) is 16.2. The molecule has 0 atom stereocenters. The molecule has 1 aliphatic rings. The van der Waals surface area contributed by atoms with E-state index in [9.17, 15) is 14.9 Å². The zero-order valence-corrected chi connectivity index (χ0v) is 13.1. The number of nitro groups is 1. The summed E-state index contributed by atoms with van der Waals surface area (Å²) >= 11 is 0. The average Bonchev–Trinajstić information content (AvgIpc) is 3.05. The van der Waals surface area contributed by atoms with Crippen molar-refractivity contribution in [3.05, 3.63) is 21.5 Å². The summed E-state index contributed by atoms with van der Waals surface area (Å²) in [5.74, 6) is -0.231. The number of hydrogen-bond acceptors (Lipinski definition) is 6. The number of imidazole rings is 1. The van der Waals surface area contributed by atoms with Crippen molar-refractivity contribution in [1.82, 2.24) is 19.4 Å². The van der Waals surface area contributed by atoms with Gasteiger partial charge in [-0.3, -0.25) is 4.90 Å². The van der Waals surface area contributed by atoms with E-state index in [0.29, 0.717) is 17.9 Å². The molecule has 1 saturated heterocycles. The molecule has 1 amide bonds. The molecule has 22 heavy (non-hydrogen) atoms. The molecule has 122 valence electrons. The Morgan fingerprint density at radius 1 is 1.41 bits per heavy atom. The van der Waals surface area contributed by atoms with Gasteiger partial charge in [-0.25, -0.2) is 9.36 Å². The van der Waals surface area contributed by atoms with E-state index in [2.05, 4.69) is 9.88 Å². The number of carbonyl (C=O) groups is 1. The molecule has 0 saturated carbocycles. The van der Waals surface area contributed by atoms with E-state index in [1.807, 2.05) is 0 Å². The van der Waals surface area contributed by atoms with Crippen molar-refractivity contribution in [1.29, 1.82) is 0 Å². The van der Waals surface area contributed by atoms with Crippen LogP contribution in [0.25, 0.3) is 0 Å². The van der Waals surface area contributed by atoms with Crippen LogP contribution in [-0.2, 0) is 24.9 Å². The molecule has 9 nitrogen and oxygen atoms in total. The molecule has 0 spiro atoms. The van der Waals surface area contributed by atoms with Crippen molar-refractivity contribution in [2.24, 2.45) is 7.05 Å². The second kappa shape index (κ2) is 6.73. The van der Waals surface area contributed by atoms with Crippen molar-refractivity contribution >= 4 is 12.0 Å². The van der Waals surface area contributed by atoms with Crippen LogP contribution in [0.15, 0.2) is 0 Å². The predicted molar refractivity (Wildman–Crippen MR) is 78.2 cm³/mol. The highest BCUT2D eigenvalue weighted by atomic mass is 16.6. The van der Waals surface area contributed by atoms with Gasteiger partial charge in [0.25, 0.3) is 0 Å². The lowest BCUT2D eigenvalue weighted by Gasteiger charge is -2.13. The molecule has 9 heteroatoms. The number of hydrogen-bond donors (Lipinski definition) is 0. The minimum Gasteiger partial charge on any atom is -0.441 e. The SMILES string of the molecule is CN(C)C(=O)OCc1c(CN2CCCC2)nc([N+](=O)[O-])n1C. The lowest BCUT2D eigenvalue weighted by atomic mass is 10.3. The first-order valence-corrected chi connectivity index (χ1v) is 7.15. The number of amides is 1. The highest BCUT2D eigenvalue weighted by Crippen LogP contribution is 2.21. The van der Waals surface area contributed by atoms with Gasteiger partial charge in [0.15, 0.2) is 18.0 Å². The van der Waals surface area contributed by atoms with Gasteiger partial charge in [0.2, 0.25) is 0 Å². The third kappa shape index (κ3) is 3.53. The Morgan fingerprint density at radius 3 is 2.59 bits per heavy atom. The number of likely N-dealkylation sites (tertiary alicyclic amines) is 1. The van der Waals surface area contributed by atoms with E-state index in [4.69, 9.17) is 4.74 Å². The Bertz CT molecular complexity index is 563. The van der Waals surface area contributed by atoms with Crippen LogP contribution in [0.1, 0.15) is 24.2 Å². The van der Waals surface area contributed by atoms with E-state index in [0.717, 1.165) is 25.9 Å². The maximum Gasteiger partial charge on any atom is 0.435 e. The van der Waals surface area contributed by atoms with Gasteiger partial charge in [0.05, 0.1) is 13.6 Å². The normalized spacial score (nSPS) is 15.0. The van der Waals surface area contributed by atoms with Crippen molar-refractivity contribution in [2.45, 2.75) is 26.0 Å². The van der Waals surface area contributed by atoms with Gasteiger partial charge in [-0.1, -0.05) is 4.98 Å². The largest absolute Gasteiger partial charge is 0.441 e. The van der Waals surface area contributed by atoms with Crippen molar-refractivity contribution in [2.75, 3.05) is 27.2 Å². The van der Waals surface area contributed by atoms with Crippen LogP contribution in [0.5, 0.6) is 0 Å². The summed E-state index contributed by atoms with van der Waals surface area (Å²) in [7, 11) is 4.73. The van der Waals surface area contributed by atoms with Crippen LogP contribution in [0.4, 0.5) is 10.7 Å². The van der Waals surface area contributed by atoms with E-state index in [1.165, 1.54) is 9.47 Å². The minimum absolute atomic E-state index is 0.0302. The summed E-state index contributed by atoms with van der Waals surface area (Å²) in [6, 6.07) is 0. The van der Waals surface area contributed by atoms with E-state index in [-0.39, 0.29) is 12.6 Å². The third-order valence-corrected chi connectivity index (χ3v) is 3.71. The Kier molecular flexibility index (Phi) is 4.96. The molecular formula is C13H21N5O4. The first-order chi connectivity index (χ1) is 10.4. The first-order valence-electron chi connectivity index (χ1n) is 7.15. The van der Waals surface area contributed by atoms with Gasteiger partial charge in [0, 0.05) is 14.1 Å². The lowest BCUT2D eigenvalue weighted by molar-refractivity contribution is -0.396. The second-order valence-electron chi connectivity index (χ2n) is 5.55. The average molecular weight is 311 g/mol. The van der Waals surface area contributed by atoms with Gasteiger partial charge in [-0.2, -0.15) is 0 Å². The molecule has 1 fully saturated rings. The smallest absolute Gasteiger partial charge is 0.435 e. The molecule has 0 aliphatic carbocycles. The minimum atomic E-state index is -0.523. The van der Waals surface area contributed by atoms with Crippen molar-refractivity contribution in [3.8, 4) is 0 Å². The molecule has 2 heterocycles. The zero-order chi connectivity index (χ0) is 16.3. The molecule has 0 N–H and O–H groups in total. The fourth-order valence-corrected chi connectivity index (χ4v) is 2.46. The fraction of sp³-hybridized carbons (Fsp3) is 0.692. The van der Waals surface area contributed by atoms with Crippen LogP contribution >= 0.6 is 0 Å². The van der Waals surface area contributed by atoms with Gasteiger partial charge in [-0.05, 0) is 30.9 Å². The number of nitrogens with zero attached hydrogens (tertiary/aromatic N) is 5. The topological polar surface area (TPSA) is 93.7 Å². The summed E-state index contributed by atoms with van der Waals surface area (Å²) in [6.07, 6.45) is 1.76. The third-order valence-electron chi connectivity index (χ3n) is 3.71. The summed E-state index contributed by atoms with van der Waals surface area (Å²) in [5, 5.41) is 11.1. The Labute approximate surface area is 128 Å². The second-order valence-corrected chi connectivity index (χ2v) is 5.55. The van der Waals surface area contributed by atoms with Crippen LogP contribution in [-0.4, -0.2) is 57.6 Å². The highest BCUT2D eigenvalue weighted by molar-refractivity contribution is 5.66. The van der Waals surface area contributed by atoms with Crippen LogP contribution < -0.4 is 0 Å². The summed E-state index contributed by atoms with van der Waals surface area (Å²) in [6.45, 7) is 2.43. The number of aromatic nitrogens is 2. The molecule has 0 radical (unpaired) electrons. The van der Waals surface area contributed by atoms with Crippen LogP contribution in [0, 0.1) is 10.1 Å². The molecular weight excluding hydrogens is 290 g/mol. The van der Waals surface area contributed by atoms with E-state index >= 15 is 0 Å². The van der Waals surface area contributed by atoms with Crippen LogP contribution in [0.3, 0.4) is 0 Å². The van der Waals surface area contributed by atoms with Crippen molar-refractivity contribution < 1.29 is 14.5 Å². The number of carbonyl (C=O) groups excluding carboxylic acids is 1. The van der Waals surface area contributed by atoms with Crippen LogP contribution in [0.2, 0.25) is 0 Å². The van der Waals surface area contributed by atoms with Gasteiger partial charge in [0.1, 0.15) is 0 Å². The van der Waals surface area contributed by atoms with E-state index < -0.39 is 11.0 Å². The number of ether oxygens (including phenoxy) is 1. The predicted octanol–water partition coefficient (Wildman–Crippen LogP) is 1.12. The number of rotatable bonds is 5. The zero-order valence-electron chi connectivity index (χ0n) is 13.1. The summed E-state index contributed by atoms with van der Waals surface area (Å²) in [5.41, 5.74) is 1.16. The fourth-order valence-electron chi connectivity index (χ4n) is 2.46. The quantitative estimate of drug-likeness (QED) is 0.597. The maximum atomic E-state index is 11.6. The van der Waals surface area contributed by atoms with Gasteiger partial charge in [-0.15, -0.1) is 0 Å². The Hall–Kier alpha value is -2.16. The molecule has 1 aromatic rings. The monoisotopic (exact) mass is 311 g/mol. The maximum absolute atomic E-state index is 11.6. The highest BCUT2D eigenvalue weighted by Gasteiger charge is 2.28. The molecule has 1 aliphatic heterocycles. The van der Waals surface area contributed by atoms with E-state index in [1.54, 1.807) is 21.1 Å². The molecule has 0 aromatic carbocycles. The molecule has 0 unspecified atom stereocenters. The Morgan fingerprint density at radius 2 is 2.05 bits per heavy atom. The van der Waals surface area contributed by atoms with Gasteiger partial charge < -0.3 is 19.8 Å². The molecule has 1 aromatic heterocycles. The van der Waals surface area contributed by atoms with Crippen molar-refractivity contribution in [3.63, 3.8) is 0 Å². The lowest BCUT2D eigenvalue weighted by Crippen LogP contribution is -2.24. The standard InChI is InChI=1S/C13H21N5O4/c1-15(2)13(19)22-9-11-10(8-17-6-4-5-7-17)14-12(16(11)3)18(20)21/h4-9H2,1-3H3. The summed E-state index contributed by atoms with van der Waals surface area (Å²) in [4.78, 5) is 29.7.